The Kier molecular flexibility index (Phi) is 4.82. The van der Waals surface area contributed by atoms with Crippen molar-refractivity contribution < 1.29 is 4.79 Å². The minimum absolute atomic E-state index is 0.0134. The molecule has 0 aliphatic carbocycles. The summed E-state index contributed by atoms with van der Waals surface area (Å²) >= 11 is 3.43. The zero-order chi connectivity index (χ0) is 16.4. The normalized spacial score (nSPS) is 15.9. The first kappa shape index (κ1) is 16.2. The Morgan fingerprint density at radius 1 is 1.30 bits per heavy atom. The molecule has 2 N–H and O–H groups in total. The van der Waals surface area contributed by atoms with Crippen LogP contribution in [0.1, 0.15) is 29.0 Å². The molecule has 1 aromatic heterocycles. The number of nitrogens with two attached hydrogens (primary N) is 1. The Morgan fingerprint density at radius 2 is 1.96 bits per heavy atom. The molecule has 122 valence electrons. The van der Waals surface area contributed by atoms with Gasteiger partial charge in [-0.25, -0.2) is 4.68 Å². The molecule has 1 aromatic carbocycles. The van der Waals surface area contributed by atoms with Crippen LogP contribution in [0.15, 0.2) is 34.8 Å². The Balaban J connectivity index is 1.78. The van der Waals surface area contributed by atoms with Gasteiger partial charge in [-0.05, 0) is 62.6 Å². The average molecular weight is 377 g/mol. The maximum Gasteiger partial charge on any atom is 0.274 e. The highest BCUT2D eigenvalue weighted by Crippen LogP contribution is 2.20. The number of hydrogen-bond acceptors (Lipinski definition) is 3. The lowest BCUT2D eigenvalue weighted by Gasteiger charge is -2.30. The maximum atomic E-state index is 12.7. The molecule has 1 amide bonds. The summed E-state index contributed by atoms with van der Waals surface area (Å²) in [6.07, 6.45) is 1.96. The number of carbonyl (C=O) groups excluding carboxylic acids is 1. The molecule has 1 saturated heterocycles. The van der Waals surface area contributed by atoms with Crippen LogP contribution in [0.3, 0.4) is 0 Å². The van der Waals surface area contributed by atoms with Gasteiger partial charge in [0.15, 0.2) is 5.69 Å². The number of hydrogen-bond donors (Lipinski definition) is 1. The number of rotatable bonds is 3. The van der Waals surface area contributed by atoms with Crippen molar-refractivity contribution >= 4 is 21.8 Å². The van der Waals surface area contributed by atoms with E-state index in [2.05, 4.69) is 21.0 Å². The van der Waals surface area contributed by atoms with E-state index in [1.54, 1.807) is 0 Å². The van der Waals surface area contributed by atoms with E-state index < -0.39 is 0 Å². The number of nitrogens with zero attached hydrogens (tertiary/aromatic N) is 3. The summed E-state index contributed by atoms with van der Waals surface area (Å²) in [6, 6.07) is 9.75. The second-order valence-corrected chi connectivity index (χ2v) is 6.95. The number of piperidine rings is 1. The first-order valence-corrected chi connectivity index (χ1v) is 8.69. The van der Waals surface area contributed by atoms with Crippen molar-refractivity contribution in [2.75, 3.05) is 19.6 Å². The van der Waals surface area contributed by atoms with Crippen molar-refractivity contribution in [1.82, 2.24) is 14.7 Å². The first-order valence-electron chi connectivity index (χ1n) is 7.90. The average Bonchev–Trinajstić information content (AvgIpc) is 2.97. The van der Waals surface area contributed by atoms with E-state index in [0.717, 1.165) is 41.8 Å². The molecule has 1 aliphatic heterocycles. The van der Waals surface area contributed by atoms with Crippen LogP contribution in [0, 0.1) is 12.8 Å². The van der Waals surface area contributed by atoms with Gasteiger partial charge < -0.3 is 10.6 Å². The van der Waals surface area contributed by atoms with Crippen LogP contribution < -0.4 is 5.73 Å². The van der Waals surface area contributed by atoms with E-state index in [9.17, 15) is 4.79 Å². The fourth-order valence-corrected chi connectivity index (χ4v) is 3.22. The summed E-state index contributed by atoms with van der Waals surface area (Å²) in [5.74, 6) is 0.556. The van der Waals surface area contributed by atoms with Crippen LogP contribution in [-0.2, 0) is 0 Å². The van der Waals surface area contributed by atoms with Gasteiger partial charge in [0, 0.05) is 23.3 Å². The lowest BCUT2D eigenvalue weighted by molar-refractivity contribution is 0.0687. The zero-order valence-electron chi connectivity index (χ0n) is 13.2. The number of aromatic nitrogens is 2. The molecule has 23 heavy (non-hydrogen) atoms. The summed E-state index contributed by atoms with van der Waals surface area (Å²) < 4.78 is 2.83. The fraction of sp³-hybridized carbons (Fsp3) is 0.412. The molecule has 2 heterocycles. The Bertz CT molecular complexity index is 687. The van der Waals surface area contributed by atoms with Crippen molar-refractivity contribution in [1.29, 1.82) is 0 Å². The third-order valence-corrected chi connectivity index (χ3v) is 4.94. The lowest BCUT2D eigenvalue weighted by atomic mass is 9.97. The molecule has 3 rings (SSSR count). The van der Waals surface area contributed by atoms with Gasteiger partial charge in [0.05, 0.1) is 5.69 Å². The molecular weight excluding hydrogens is 356 g/mol. The second-order valence-electron chi connectivity index (χ2n) is 6.03. The van der Waals surface area contributed by atoms with E-state index in [1.807, 2.05) is 46.8 Å². The minimum atomic E-state index is 0.0134. The predicted octanol–water partition coefficient (Wildman–Crippen LogP) is 2.75. The molecule has 6 heteroatoms. The Labute approximate surface area is 144 Å². The van der Waals surface area contributed by atoms with Gasteiger partial charge in [-0.2, -0.15) is 5.10 Å². The monoisotopic (exact) mass is 376 g/mol. The van der Waals surface area contributed by atoms with Gasteiger partial charge in [0.25, 0.3) is 5.91 Å². The number of carbonyl (C=O) groups is 1. The maximum absolute atomic E-state index is 12.7. The summed E-state index contributed by atoms with van der Waals surface area (Å²) in [7, 11) is 0. The molecular formula is C17H21BrN4O. The summed E-state index contributed by atoms with van der Waals surface area (Å²) in [5.41, 5.74) is 8.12. The Morgan fingerprint density at radius 3 is 2.57 bits per heavy atom. The van der Waals surface area contributed by atoms with E-state index in [0.29, 0.717) is 18.2 Å². The molecule has 0 spiro atoms. The SMILES string of the molecule is Cc1cc(C(=O)N2CCC(CN)CC2)nn1-c1ccc(Br)cc1. The molecule has 2 aromatic rings. The molecule has 0 bridgehead atoms. The predicted molar refractivity (Wildman–Crippen MR) is 93.7 cm³/mol. The van der Waals surface area contributed by atoms with Crippen LogP contribution in [0.4, 0.5) is 0 Å². The smallest absolute Gasteiger partial charge is 0.274 e. The number of benzene rings is 1. The highest BCUT2D eigenvalue weighted by molar-refractivity contribution is 9.10. The molecule has 0 unspecified atom stereocenters. The molecule has 0 radical (unpaired) electrons. The minimum Gasteiger partial charge on any atom is -0.337 e. The highest BCUT2D eigenvalue weighted by atomic mass is 79.9. The van der Waals surface area contributed by atoms with Crippen molar-refractivity contribution in [3.8, 4) is 5.69 Å². The summed E-state index contributed by atoms with van der Waals surface area (Å²) in [5, 5.41) is 4.51. The van der Waals surface area contributed by atoms with Crippen LogP contribution in [-0.4, -0.2) is 40.2 Å². The van der Waals surface area contributed by atoms with Gasteiger partial charge >= 0.3 is 0 Å². The van der Waals surface area contributed by atoms with Gasteiger partial charge in [0.1, 0.15) is 0 Å². The van der Waals surface area contributed by atoms with E-state index in [1.165, 1.54) is 0 Å². The fourth-order valence-electron chi connectivity index (χ4n) is 2.96. The Hall–Kier alpha value is -1.66. The van der Waals surface area contributed by atoms with Crippen LogP contribution in [0.25, 0.3) is 5.69 Å². The third-order valence-electron chi connectivity index (χ3n) is 4.41. The van der Waals surface area contributed by atoms with E-state index >= 15 is 0 Å². The van der Waals surface area contributed by atoms with Crippen molar-refractivity contribution in [2.45, 2.75) is 19.8 Å². The number of aryl methyl sites for hydroxylation is 1. The standard InChI is InChI=1S/C17H21BrN4O/c1-12-10-16(17(23)21-8-6-13(11-19)7-9-21)20-22(12)15-4-2-14(18)3-5-15/h2-5,10,13H,6-9,11,19H2,1H3. The highest BCUT2D eigenvalue weighted by Gasteiger charge is 2.25. The van der Waals surface area contributed by atoms with Gasteiger partial charge in [-0.15, -0.1) is 0 Å². The third kappa shape index (κ3) is 3.48. The quantitative estimate of drug-likeness (QED) is 0.895. The van der Waals surface area contributed by atoms with Gasteiger partial charge in [-0.3, -0.25) is 4.79 Å². The van der Waals surface area contributed by atoms with Crippen LogP contribution in [0.5, 0.6) is 0 Å². The number of halogens is 1. The van der Waals surface area contributed by atoms with Crippen molar-refractivity contribution in [3.63, 3.8) is 0 Å². The molecule has 1 aliphatic rings. The van der Waals surface area contributed by atoms with Crippen LogP contribution >= 0.6 is 15.9 Å². The van der Waals surface area contributed by atoms with E-state index in [4.69, 9.17) is 5.73 Å². The first-order chi connectivity index (χ1) is 11.1. The van der Waals surface area contributed by atoms with Gasteiger partial charge in [-0.1, -0.05) is 15.9 Å². The van der Waals surface area contributed by atoms with Crippen molar-refractivity contribution in [3.05, 3.63) is 46.2 Å². The summed E-state index contributed by atoms with van der Waals surface area (Å²) in [4.78, 5) is 14.5. The van der Waals surface area contributed by atoms with Crippen LogP contribution in [0.2, 0.25) is 0 Å². The van der Waals surface area contributed by atoms with Crippen molar-refractivity contribution in [2.24, 2.45) is 11.7 Å². The topological polar surface area (TPSA) is 64.2 Å². The summed E-state index contributed by atoms with van der Waals surface area (Å²) in [6.45, 7) is 4.21. The number of amides is 1. The number of likely N-dealkylation sites (tertiary alicyclic amines) is 1. The zero-order valence-corrected chi connectivity index (χ0v) is 14.8. The lowest BCUT2D eigenvalue weighted by Crippen LogP contribution is -2.40. The second kappa shape index (κ2) is 6.84. The molecule has 0 atom stereocenters. The largest absolute Gasteiger partial charge is 0.337 e. The molecule has 0 saturated carbocycles. The van der Waals surface area contributed by atoms with Gasteiger partial charge in [0.2, 0.25) is 0 Å². The van der Waals surface area contributed by atoms with E-state index in [-0.39, 0.29) is 5.91 Å². The molecule has 5 nitrogen and oxygen atoms in total. The molecule has 1 fully saturated rings.